The summed E-state index contributed by atoms with van der Waals surface area (Å²) >= 11 is 7.37. The number of anilines is 4. The summed E-state index contributed by atoms with van der Waals surface area (Å²) in [7, 11) is 0. The van der Waals surface area contributed by atoms with Crippen molar-refractivity contribution in [1.82, 2.24) is 9.97 Å². The largest absolute Gasteiger partial charge is 0.482 e. The zero-order valence-electron chi connectivity index (χ0n) is 30.5. The first-order valence-electron chi connectivity index (χ1n) is 17.8. The molecule has 5 amide bonds. The number of rotatable bonds is 1. The molecule has 0 saturated carbocycles. The maximum absolute atomic E-state index is 13.5. The van der Waals surface area contributed by atoms with E-state index in [2.05, 4.69) is 63.1 Å². The number of benzene rings is 5. The van der Waals surface area contributed by atoms with E-state index < -0.39 is 42.7 Å². The smallest absolute Gasteiger partial charge is 0.263 e. The lowest BCUT2D eigenvalue weighted by atomic mass is 9.92. The maximum Gasteiger partial charge on any atom is 0.263 e. The minimum Gasteiger partial charge on any atom is -0.482 e. The molecule has 5 aromatic carbocycles. The summed E-state index contributed by atoms with van der Waals surface area (Å²) in [4.78, 5) is 74.9. The number of carbonyl (C=O) groups excluding carboxylic acids is 5. The number of nitrogens with zero attached hydrogens (tertiary/aromatic N) is 2. The van der Waals surface area contributed by atoms with Gasteiger partial charge in [-0.15, -0.1) is 0 Å². The molecule has 0 saturated heterocycles. The summed E-state index contributed by atoms with van der Waals surface area (Å²) in [5.74, 6) is -2.45. The second kappa shape index (κ2) is 16.4. The van der Waals surface area contributed by atoms with E-state index in [1.54, 1.807) is 12.1 Å². The van der Waals surface area contributed by atoms with Crippen LogP contribution < -0.4 is 36.5 Å². The molecule has 0 unspecified atom stereocenters. The minimum absolute atomic E-state index is 0.0615. The zero-order valence-corrected chi connectivity index (χ0v) is 33.6. The first-order valence-corrected chi connectivity index (χ1v) is 19.4. The van der Waals surface area contributed by atoms with Gasteiger partial charge in [-0.1, -0.05) is 60.7 Å². The van der Waals surface area contributed by atoms with Gasteiger partial charge in [0.1, 0.15) is 34.8 Å². The van der Waals surface area contributed by atoms with Crippen molar-refractivity contribution in [2.75, 3.05) is 34.5 Å². The van der Waals surface area contributed by atoms with E-state index in [0.29, 0.717) is 31.6 Å². The van der Waals surface area contributed by atoms with Gasteiger partial charge in [0, 0.05) is 27.8 Å². The van der Waals surface area contributed by atoms with Crippen molar-refractivity contribution >= 4 is 106 Å². The molecule has 14 nitrogen and oxygen atoms in total. The zero-order chi connectivity index (χ0) is 41.2. The van der Waals surface area contributed by atoms with Crippen molar-refractivity contribution in [2.24, 2.45) is 5.73 Å². The number of hydrogen-bond donors (Lipinski definition) is 5. The van der Waals surface area contributed by atoms with E-state index in [1.165, 1.54) is 42.5 Å². The second-order valence-electron chi connectivity index (χ2n) is 13.1. The molecule has 16 heteroatoms. The molecule has 59 heavy (non-hydrogen) atoms. The Hall–Kier alpha value is -7.17. The van der Waals surface area contributed by atoms with Gasteiger partial charge in [-0.3, -0.25) is 24.0 Å². The van der Waals surface area contributed by atoms with Gasteiger partial charge in [-0.25, -0.2) is 9.97 Å². The molecular formula is C43H29Br2N7O7. The predicted octanol–water partition coefficient (Wildman–Crippen LogP) is 7.93. The number of ether oxygens (including phenoxy) is 2. The lowest BCUT2D eigenvalue weighted by Crippen LogP contribution is -2.22. The number of aromatic nitrogens is 2. The van der Waals surface area contributed by atoms with Gasteiger partial charge in [0.05, 0.1) is 8.95 Å². The van der Waals surface area contributed by atoms with Crippen LogP contribution in [0.15, 0.2) is 124 Å². The average molecular weight is 916 g/mol. The Morgan fingerprint density at radius 2 is 0.949 bits per heavy atom. The second-order valence-corrected chi connectivity index (χ2v) is 14.8. The van der Waals surface area contributed by atoms with Crippen LogP contribution in [0.25, 0.3) is 32.7 Å². The Labute approximate surface area is 351 Å². The number of pyridine rings is 2. The van der Waals surface area contributed by atoms with Crippen LogP contribution >= 0.6 is 31.9 Å². The Morgan fingerprint density at radius 1 is 0.542 bits per heavy atom. The molecular weight excluding hydrogens is 886 g/mol. The molecule has 0 aliphatic carbocycles. The van der Waals surface area contributed by atoms with Crippen molar-refractivity contribution in [3.8, 4) is 22.6 Å². The summed E-state index contributed by atoms with van der Waals surface area (Å²) in [6.45, 7) is -0.910. The number of hydrogen-bond acceptors (Lipinski definition) is 9. The molecule has 0 atom stereocenters. The Balaban J connectivity index is 1.24. The molecule has 292 valence electrons. The fraction of sp³-hybridized carbons (Fsp3) is 0.0465. The van der Waals surface area contributed by atoms with Crippen LogP contribution in [0, 0.1) is 0 Å². The maximum atomic E-state index is 13.5. The van der Waals surface area contributed by atoms with E-state index >= 15 is 0 Å². The van der Waals surface area contributed by atoms with Crippen LogP contribution in [-0.2, 0) is 9.59 Å². The fourth-order valence-electron chi connectivity index (χ4n) is 6.56. The Bertz CT molecular complexity index is 2720. The third-order valence-corrected chi connectivity index (χ3v) is 10.3. The van der Waals surface area contributed by atoms with Crippen LogP contribution in [-0.4, -0.2) is 52.7 Å². The van der Waals surface area contributed by atoms with Crippen molar-refractivity contribution < 1.29 is 33.4 Å². The first kappa shape index (κ1) is 38.7. The van der Waals surface area contributed by atoms with Gasteiger partial charge in [0.2, 0.25) is 5.91 Å². The third kappa shape index (κ3) is 8.30. The SMILES string of the molecule is NC(=O)c1cc2cc(c1)C(=O)Nc1cccc(n1)NC(=O)COc1c(Br)cc3ccccc3c1-c1c(c(Br)cc3ccccc13)OCC(=O)Nc1cccc(n1)NC2=O. The molecule has 2 aromatic heterocycles. The first-order chi connectivity index (χ1) is 28.5. The highest BCUT2D eigenvalue weighted by atomic mass is 79.9. The van der Waals surface area contributed by atoms with Crippen LogP contribution in [0.5, 0.6) is 11.5 Å². The number of fused-ring (bicyclic) bond motifs is 13. The van der Waals surface area contributed by atoms with Crippen molar-refractivity contribution in [2.45, 2.75) is 0 Å². The topological polar surface area (TPSA) is 204 Å². The molecule has 0 radical (unpaired) electrons. The number of amides is 5. The van der Waals surface area contributed by atoms with Crippen LogP contribution in [0.3, 0.4) is 0 Å². The molecule has 6 N–H and O–H groups in total. The van der Waals surface area contributed by atoms with Gasteiger partial charge >= 0.3 is 0 Å². The summed E-state index contributed by atoms with van der Waals surface area (Å²) in [5, 5.41) is 13.9. The highest BCUT2D eigenvalue weighted by Gasteiger charge is 2.25. The number of halogens is 2. The minimum atomic E-state index is -0.876. The molecule has 0 spiro atoms. The Kier molecular flexibility index (Phi) is 10.7. The number of nitrogens with one attached hydrogen (secondary N) is 4. The van der Waals surface area contributed by atoms with Crippen molar-refractivity contribution in [1.29, 1.82) is 0 Å². The van der Waals surface area contributed by atoms with Crippen LogP contribution in [0.1, 0.15) is 31.1 Å². The molecule has 1 aliphatic rings. The summed E-state index contributed by atoms with van der Waals surface area (Å²) in [6, 6.07) is 32.1. The van der Waals surface area contributed by atoms with Gasteiger partial charge in [0.25, 0.3) is 23.6 Å². The molecule has 7 aromatic rings. The molecule has 6 bridgehead atoms. The molecule has 0 fully saturated rings. The van der Waals surface area contributed by atoms with E-state index in [0.717, 1.165) is 21.5 Å². The number of carbonyl (C=O) groups is 5. The quantitative estimate of drug-likeness (QED) is 0.108. The molecule has 8 rings (SSSR count). The third-order valence-electron chi connectivity index (χ3n) is 9.12. The monoisotopic (exact) mass is 913 g/mol. The highest BCUT2D eigenvalue weighted by molar-refractivity contribution is 9.11. The van der Waals surface area contributed by atoms with Crippen molar-refractivity contribution in [3.05, 3.63) is 141 Å². The number of nitrogens with two attached hydrogens (primary N) is 1. The van der Waals surface area contributed by atoms with Gasteiger partial charge < -0.3 is 36.5 Å². The predicted molar refractivity (Wildman–Crippen MR) is 230 cm³/mol. The van der Waals surface area contributed by atoms with Crippen LogP contribution in [0.4, 0.5) is 23.3 Å². The summed E-state index contributed by atoms with van der Waals surface area (Å²) < 4.78 is 13.8. The molecule has 1 aliphatic heterocycles. The normalized spacial score (nSPS) is 13.5. The van der Waals surface area contributed by atoms with E-state index in [4.69, 9.17) is 15.2 Å². The van der Waals surface area contributed by atoms with E-state index in [9.17, 15) is 24.0 Å². The lowest BCUT2D eigenvalue weighted by Gasteiger charge is -2.21. The summed E-state index contributed by atoms with van der Waals surface area (Å²) in [5.41, 5.74) is 6.48. The van der Waals surface area contributed by atoms with Gasteiger partial charge in [-0.05, 0) is 108 Å². The number of primary amides is 1. The lowest BCUT2D eigenvalue weighted by molar-refractivity contribution is -0.118. The standard InChI is InChI=1S/C43H29Br2N7O7/c44-29-18-22-7-1-3-9-27(22)37-38-28-10-4-2-8-23(28)19-30(45)40(38)59-21-36(54)50-32-12-6-14-34(48-32)52-43(57)26-16-24(41(46)55)15-25(17-26)42(56)51-33-13-5-11-31(47-33)49-35(53)20-58-39(29)37/h1-19H,20-21H2,(H2,46,55)(H2,47,49,51,53,56)(H2,48,50,52,54,57). The van der Waals surface area contributed by atoms with Crippen LogP contribution in [0.2, 0.25) is 0 Å². The van der Waals surface area contributed by atoms with Gasteiger partial charge in [0.15, 0.2) is 13.2 Å². The fourth-order valence-corrected chi connectivity index (χ4v) is 7.68. The van der Waals surface area contributed by atoms with E-state index in [-0.39, 0.29) is 40.0 Å². The Morgan fingerprint density at radius 3 is 1.37 bits per heavy atom. The van der Waals surface area contributed by atoms with E-state index in [1.807, 2.05) is 60.7 Å². The van der Waals surface area contributed by atoms with Crippen molar-refractivity contribution in [3.63, 3.8) is 0 Å². The molecule has 3 heterocycles. The summed E-state index contributed by atoms with van der Waals surface area (Å²) in [6.07, 6.45) is 0. The highest BCUT2D eigenvalue weighted by Crippen LogP contribution is 2.50. The average Bonchev–Trinajstić information content (AvgIpc) is 3.21. The van der Waals surface area contributed by atoms with Gasteiger partial charge in [-0.2, -0.15) is 0 Å².